The summed E-state index contributed by atoms with van der Waals surface area (Å²) < 4.78 is 1.07. The van der Waals surface area contributed by atoms with Gasteiger partial charge in [0.2, 0.25) is 0 Å². The molecule has 0 radical (unpaired) electrons. The van der Waals surface area contributed by atoms with Crippen molar-refractivity contribution < 1.29 is 0 Å². The van der Waals surface area contributed by atoms with Gasteiger partial charge in [0.1, 0.15) is 0 Å². The molecule has 0 spiro atoms. The van der Waals surface area contributed by atoms with Crippen LogP contribution in [0, 0.1) is 6.92 Å². The highest BCUT2D eigenvalue weighted by atomic mass is 79.9. The zero-order chi connectivity index (χ0) is 12.3. The molecule has 2 aromatic rings. The second kappa shape index (κ2) is 5.38. The molecule has 0 aliphatic carbocycles. The lowest BCUT2D eigenvalue weighted by molar-refractivity contribution is 0.943. The molecule has 1 aromatic carbocycles. The maximum Gasteiger partial charge on any atom is 0.159 e. The van der Waals surface area contributed by atoms with Crippen molar-refractivity contribution in [2.75, 3.05) is 6.54 Å². The van der Waals surface area contributed by atoms with Crippen LogP contribution in [-0.4, -0.2) is 16.5 Å². The maximum absolute atomic E-state index is 5.49. The van der Waals surface area contributed by atoms with E-state index in [9.17, 15) is 0 Å². The van der Waals surface area contributed by atoms with Crippen LogP contribution in [0.2, 0.25) is 0 Å². The summed E-state index contributed by atoms with van der Waals surface area (Å²) in [5, 5.41) is 0. The fourth-order valence-electron chi connectivity index (χ4n) is 1.67. The summed E-state index contributed by atoms with van der Waals surface area (Å²) in [5.74, 6) is 0.760. The molecule has 2 N–H and O–H groups in total. The number of hydrogen-bond donors (Lipinski definition) is 1. The van der Waals surface area contributed by atoms with Crippen molar-refractivity contribution in [1.82, 2.24) is 9.97 Å². The van der Waals surface area contributed by atoms with Crippen LogP contribution in [-0.2, 0) is 6.42 Å². The lowest BCUT2D eigenvalue weighted by Crippen LogP contribution is -2.03. The number of aromatic nitrogens is 2. The second-order valence-corrected chi connectivity index (χ2v) is 4.83. The second-order valence-electron chi connectivity index (χ2n) is 3.91. The van der Waals surface area contributed by atoms with Gasteiger partial charge in [0.15, 0.2) is 5.82 Å². The van der Waals surface area contributed by atoms with Crippen LogP contribution in [0.25, 0.3) is 11.4 Å². The first-order valence-electron chi connectivity index (χ1n) is 5.48. The lowest BCUT2D eigenvalue weighted by atomic mass is 10.1. The van der Waals surface area contributed by atoms with Crippen molar-refractivity contribution in [3.63, 3.8) is 0 Å². The SMILES string of the molecule is Cc1cc(Br)ccc1-c1ncc(CCN)cn1. The predicted octanol–water partition coefficient (Wildman–Crippen LogP) is 2.72. The first-order chi connectivity index (χ1) is 8.20. The van der Waals surface area contributed by atoms with Gasteiger partial charge in [-0.05, 0) is 49.2 Å². The van der Waals surface area contributed by atoms with Crippen LogP contribution >= 0.6 is 15.9 Å². The average molecular weight is 292 g/mol. The van der Waals surface area contributed by atoms with Gasteiger partial charge < -0.3 is 5.73 Å². The predicted molar refractivity (Wildman–Crippen MR) is 72.7 cm³/mol. The summed E-state index contributed by atoms with van der Waals surface area (Å²) in [7, 11) is 0. The van der Waals surface area contributed by atoms with E-state index in [0.29, 0.717) is 6.54 Å². The molecule has 17 heavy (non-hydrogen) atoms. The molecule has 4 heteroatoms. The van der Waals surface area contributed by atoms with Crippen molar-refractivity contribution >= 4 is 15.9 Å². The van der Waals surface area contributed by atoms with E-state index in [4.69, 9.17) is 5.73 Å². The minimum atomic E-state index is 0.625. The number of hydrogen-bond acceptors (Lipinski definition) is 3. The summed E-state index contributed by atoms with van der Waals surface area (Å²) in [5.41, 5.74) is 8.79. The highest BCUT2D eigenvalue weighted by Crippen LogP contribution is 2.23. The minimum absolute atomic E-state index is 0.625. The Morgan fingerprint density at radius 2 is 1.94 bits per heavy atom. The van der Waals surface area contributed by atoms with E-state index in [2.05, 4.69) is 38.9 Å². The quantitative estimate of drug-likeness (QED) is 0.946. The molecule has 0 amide bonds. The largest absolute Gasteiger partial charge is 0.330 e. The molecule has 2 rings (SSSR count). The smallest absolute Gasteiger partial charge is 0.159 e. The van der Waals surface area contributed by atoms with Gasteiger partial charge in [-0.2, -0.15) is 0 Å². The first-order valence-corrected chi connectivity index (χ1v) is 6.27. The van der Waals surface area contributed by atoms with Crippen molar-refractivity contribution in [3.8, 4) is 11.4 Å². The summed E-state index contributed by atoms with van der Waals surface area (Å²) in [6.07, 6.45) is 4.51. The van der Waals surface area contributed by atoms with Gasteiger partial charge in [0, 0.05) is 22.4 Å². The molecular weight excluding hydrogens is 278 g/mol. The van der Waals surface area contributed by atoms with E-state index in [0.717, 1.165) is 33.4 Å². The van der Waals surface area contributed by atoms with Gasteiger partial charge in [-0.1, -0.05) is 15.9 Å². The molecule has 1 heterocycles. The Hall–Kier alpha value is -1.26. The van der Waals surface area contributed by atoms with Gasteiger partial charge in [0.05, 0.1) is 0 Å². The van der Waals surface area contributed by atoms with Crippen LogP contribution in [0.5, 0.6) is 0 Å². The third kappa shape index (κ3) is 2.90. The zero-order valence-corrected chi connectivity index (χ0v) is 11.2. The highest BCUT2D eigenvalue weighted by Gasteiger charge is 2.05. The molecule has 0 aliphatic heterocycles. The number of rotatable bonds is 3. The first kappa shape index (κ1) is 12.2. The lowest BCUT2D eigenvalue weighted by Gasteiger charge is -2.05. The number of benzene rings is 1. The van der Waals surface area contributed by atoms with Gasteiger partial charge >= 0.3 is 0 Å². The number of aryl methyl sites for hydroxylation is 1. The molecule has 88 valence electrons. The van der Waals surface area contributed by atoms with E-state index in [1.165, 1.54) is 0 Å². The topological polar surface area (TPSA) is 51.8 Å². The van der Waals surface area contributed by atoms with Crippen LogP contribution in [0.3, 0.4) is 0 Å². The third-order valence-electron chi connectivity index (χ3n) is 2.57. The Labute approximate surface area is 109 Å². The molecule has 1 aromatic heterocycles. The van der Waals surface area contributed by atoms with E-state index in [1.54, 1.807) is 0 Å². The monoisotopic (exact) mass is 291 g/mol. The van der Waals surface area contributed by atoms with Crippen molar-refractivity contribution in [1.29, 1.82) is 0 Å². The fourth-order valence-corrected chi connectivity index (χ4v) is 2.14. The van der Waals surface area contributed by atoms with Gasteiger partial charge in [-0.3, -0.25) is 0 Å². The molecule has 0 unspecified atom stereocenters. The summed E-state index contributed by atoms with van der Waals surface area (Å²) in [4.78, 5) is 8.75. The third-order valence-corrected chi connectivity index (χ3v) is 3.06. The van der Waals surface area contributed by atoms with E-state index < -0.39 is 0 Å². The van der Waals surface area contributed by atoms with Crippen LogP contribution in [0.1, 0.15) is 11.1 Å². The Morgan fingerprint density at radius 3 is 2.53 bits per heavy atom. The van der Waals surface area contributed by atoms with Crippen LogP contribution in [0.4, 0.5) is 0 Å². The maximum atomic E-state index is 5.49. The van der Waals surface area contributed by atoms with Crippen molar-refractivity contribution in [2.24, 2.45) is 5.73 Å². The Morgan fingerprint density at radius 1 is 1.24 bits per heavy atom. The number of nitrogens with two attached hydrogens (primary N) is 1. The molecule has 0 saturated carbocycles. The Kier molecular flexibility index (Phi) is 3.86. The molecular formula is C13H14BrN3. The standard InChI is InChI=1S/C13H14BrN3/c1-9-6-11(14)2-3-12(9)13-16-7-10(4-5-15)8-17-13/h2-3,6-8H,4-5,15H2,1H3. The minimum Gasteiger partial charge on any atom is -0.330 e. The molecule has 0 aliphatic rings. The highest BCUT2D eigenvalue weighted by molar-refractivity contribution is 9.10. The number of nitrogens with zero attached hydrogens (tertiary/aromatic N) is 2. The molecule has 0 saturated heterocycles. The summed E-state index contributed by atoms with van der Waals surface area (Å²) in [6.45, 7) is 2.68. The van der Waals surface area contributed by atoms with Crippen molar-refractivity contribution in [2.45, 2.75) is 13.3 Å². The number of halogens is 1. The fraction of sp³-hybridized carbons (Fsp3) is 0.231. The van der Waals surface area contributed by atoms with E-state index in [-0.39, 0.29) is 0 Å². The van der Waals surface area contributed by atoms with E-state index in [1.807, 2.05) is 24.5 Å². The Balaban J connectivity index is 2.33. The van der Waals surface area contributed by atoms with Gasteiger partial charge in [0.25, 0.3) is 0 Å². The summed E-state index contributed by atoms with van der Waals surface area (Å²) in [6, 6.07) is 6.09. The molecule has 0 atom stereocenters. The Bertz CT molecular complexity index is 509. The van der Waals surface area contributed by atoms with Gasteiger partial charge in [-0.25, -0.2) is 9.97 Å². The van der Waals surface area contributed by atoms with Crippen LogP contribution in [0.15, 0.2) is 35.1 Å². The normalized spacial score (nSPS) is 10.5. The molecule has 0 fully saturated rings. The van der Waals surface area contributed by atoms with Crippen molar-refractivity contribution in [3.05, 3.63) is 46.2 Å². The average Bonchev–Trinajstić information content (AvgIpc) is 2.31. The van der Waals surface area contributed by atoms with Gasteiger partial charge in [-0.15, -0.1) is 0 Å². The van der Waals surface area contributed by atoms with E-state index >= 15 is 0 Å². The molecule has 3 nitrogen and oxygen atoms in total. The summed E-state index contributed by atoms with van der Waals surface area (Å²) >= 11 is 3.45. The van der Waals surface area contributed by atoms with Crippen LogP contribution < -0.4 is 5.73 Å². The zero-order valence-electron chi connectivity index (χ0n) is 9.65. The molecule has 0 bridgehead atoms.